The van der Waals surface area contributed by atoms with Crippen LogP contribution in [0.1, 0.15) is 36.0 Å². The third kappa shape index (κ3) is 3.32. The van der Waals surface area contributed by atoms with Crippen molar-refractivity contribution in [1.29, 1.82) is 0 Å². The SMILES string of the molecule is O=C(NOC1CCCC1)c1ccc(I)c(O)c1. The second-order valence-electron chi connectivity index (χ2n) is 4.12. The fourth-order valence-corrected chi connectivity index (χ4v) is 2.19. The van der Waals surface area contributed by atoms with E-state index in [9.17, 15) is 9.90 Å². The lowest BCUT2D eigenvalue weighted by Gasteiger charge is -2.11. The van der Waals surface area contributed by atoms with Crippen LogP contribution in [0.2, 0.25) is 0 Å². The molecule has 0 atom stereocenters. The van der Waals surface area contributed by atoms with Crippen molar-refractivity contribution in [2.75, 3.05) is 0 Å². The third-order valence-corrected chi connectivity index (χ3v) is 3.74. The highest BCUT2D eigenvalue weighted by Crippen LogP contribution is 2.21. The van der Waals surface area contributed by atoms with Gasteiger partial charge in [-0.05, 0) is 53.6 Å². The maximum absolute atomic E-state index is 11.7. The maximum atomic E-state index is 11.7. The van der Waals surface area contributed by atoms with Gasteiger partial charge in [0.05, 0.1) is 9.67 Å². The van der Waals surface area contributed by atoms with Crippen molar-refractivity contribution in [1.82, 2.24) is 5.48 Å². The summed E-state index contributed by atoms with van der Waals surface area (Å²) in [5.74, 6) is -0.206. The Morgan fingerprint density at radius 2 is 2.12 bits per heavy atom. The number of carbonyl (C=O) groups is 1. The number of carbonyl (C=O) groups excluding carboxylic acids is 1. The Labute approximate surface area is 113 Å². The zero-order valence-electron chi connectivity index (χ0n) is 9.28. The summed E-state index contributed by atoms with van der Waals surface area (Å²) < 4.78 is 0.718. The molecule has 1 aliphatic rings. The number of phenolic OH excluding ortho intramolecular Hbond substituents is 1. The normalized spacial score (nSPS) is 16.1. The molecule has 0 saturated heterocycles. The van der Waals surface area contributed by atoms with Gasteiger partial charge in [0.25, 0.3) is 5.91 Å². The van der Waals surface area contributed by atoms with Crippen molar-refractivity contribution in [2.45, 2.75) is 31.8 Å². The molecular weight excluding hydrogens is 333 g/mol. The van der Waals surface area contributed by atoms with Crippen LogP contribution in [0, 0.1) is 3.57 Å². The minimum absolute atomic E-state index is 0.110. The highest BCUT2D eigenvalue weighted by Gasteiger charge is 2.17. The van der Waals surface area contributed by atoms with Crippen molar-refractivity contribution >= 4 is 28.5 Å². The molecule has 0 aliphatic heterocycles. The van der Waals surface area contributed by atoms with E-state index in [1.807, 2.05) is 22.6 Å². The van der Waals surface area contributed by atoms with Crippen LogP contribution in [0.3, 0.4) is 0 Å². The largest absolute Gasteiger partial charge is 0.507 e. The van der Waals surface area contributed by atoms with E-state index in [0.717, 1.165) is 29.3 Å². The van der Waals surface area contributed by atoms with E-state index >= 15 is 0 Å². The molecule has 0 spiro atoms. The maximum Gasteiger partial charge on any atom is 0.274 e. The standard InChI is InChI=1S/C12H14INO3/c13-10-6-5-8(7-11(10)15)12(16)14-17-9-3-1-2-4-9/h5-7,9,15H,1-4H2,(H,14,16). The first-order valence-electron chi connectivity index (χ1n) is 5.61. The summed E-state index contributed by atoms with van der Waals surface area (Å²) in [5, 5.41) is 9.50. The Balaban J connectivity index is 1.92. The van der Waals surface area contributed by atoms with Crippen LogP contribution in [0.4, 0.5) is 0 Å². The summed E-state index contributed by atoms with van der Waals surface area (Å²) in [6.45, 7) is 0. The summed E-state index contributed by atoms with van der Waals surface area (Å²) in [6.07, 6.45) is 4.45. The molecule has 1 saturated carbocycles. The molecule has 1 fully saturated rings. The van der Waals surface area contributed by atoms with Crippen LogP contribution in [0.5, 0.6) is 5.75 Å². The molecule has 2 N–H and O–H groups in total. The fraction of sp³-hybridized carbons (Fsp3) is 0.417. The van der Waals surface area contributed by atoms with Gasteiger partial charge in [0.1, 0.15) is 5.75 Å². The molecule has 0 unspecified atom stereocenters. The van der Waals surface area contributed by atoms with E-state index in [2.05, 4.69) is 5.48 Å². The van der Waals surface area contributed by atoms with Gasteiger partial charge in [0.15, 0.2) is 0 Å². The van der Waals surface area contributed by atoms with Crippen molar-refractivity contribution in [3.05, 3.63) is 27.3 Å². The number of nitrogens with one attached hydrogen (secondary N) is 1. The number of hydrogen-bond acceptors (Lipinski definition) is 3. The van der Waals surface area contributed by atoms with E-state index in [1.165, 1.54) is 6.07 Å². The first kappa shape index (κ1) is 12.6. The van der Waals surface area contributed by atoms with Gasteiger partial charge in [0.2, 0.25) is 0 Å². The monoisotopic (exact) mass is 347 g/mol. The first-order chi connectivity index (χ1) is 8.16. The Morgan fingerprint density at radius 1 is 1.41 bits per heavy atom. The molecule has 0 aromatic heterocycles. The topological polar surface area (TPSA) is 58.6 Å². The van der Waals surface area contributed by atoms with E-state index in [-0.39, 0.29) is 17.8 Å². The lowest BCUT2D eigenvalue weighted by atomic mass is 10.2. The van der Waals surface area contributed by atoms with Crippen LogP contribution in [-0.2, 0) is 4.84 Å². The van der Waals surface area contributed by atoms with E-state index in [1.54, 1.807) is 12.1 Å². The van der Waals surface area contributed by atoms with Crippen LogP contribution >= 0.6 is 22.6 Å². The van der Waals surface area contributed by atoms with Crippen LogP contribution < -0.4 is 5.48 Å². The Morgan fingerprint density at radius 3 is 2.76 bits per heavy atom. The number of phenols is 1. The molecule has 0 radical (unpaired) electrons. The van der Waals surface area contributed by atoms with E-state index < -0.39 is 0 Å². The van der Waals surface area contributed by atoms with Gasteiger partial charge < -0.3 is 5.11 Å². The van der Waals surface area contributed by atoms with Gasteiger partial charge >= 0.3 is 0 Å². The molecule has 1 aromatic carbocycles. The molecule has 1 amide bonds. The van der Waals surface area contributed by atoms with Gasteiger partial charge in [-0.3, -0.25) is 9.63 Å². The number of hydroxylamine groups is 1. The smallest absolute Gasteiger partial charge is 0.274 e. The van der Waals surface area contributed by atoms with Crippen molar-refractivity contribution in [2.24, 2.45) is 0 Å². The Kier molecular flexibility index (Phi) is 4.22. The van der Waals surface area contributed by atoms with Crippen LogP contribution in [0.25, 0.3) is 0 Å². The molecule has 0 heterocycles. The molecule has 5 heteroatoms. The molecule has 2 rings (SSSR count). The lowest BCUT2D eigenvalue weighted by molar-refractivity contribution is -0.0125. The quantitative estimate of drug-likeness (QED) is 0.653. The number of aromatic hydroxyl groups is 1. The number of amides is 1. The highest BCUT2D eigenvalue weighted by atomic mass is 127. The van der Waals surface area contributed by atoms with Crippen molar-refractivity contribution < 1.29 is 14.7 Å². The number of rotatable bonds is 3. The predicted octanol–water partition coefficient (Wildman–Crippen LogP) is 2.60. The summed E-state index contributed by atoms with van der Waals surface area (Å²) in [5.41, 5.74) is 2.84. The van der Waals surface area contributed by atoms with Crippen molar-refractivity contribution in [3.8, 4) is 5.75 Å². The van der Waals surface area contributed by atoms with Gasteiger partial charge in [-0.15, -0.1) is 0 Å². The predicted molar refractivity (Wildman–Crippen MR) is 71.6 cm³/mol. The number of halogens is 1. The summed E-state index contributed by atoms with van der Waals surface area (Å²) >= 11 is 2.00. The molecule has 17 heavy (non-hydrogen) atoms. The lowest BCUT2D eigenvalue weighted by Crippen LogP contribution is -2.28. The molecule has 4 nitrogen and oxygen atoms in total. The molecule has 0 bridgehead atoms. The minimum Gasteiger partial charge on any atom is -0.507 e. The molecule has 92 valence electrons. The first-order valence-corrected chi connectivity index (χ1v) is 6.69. The zero-order chi connectivity index (χ0) is 12.3. The summed E-state index contributed by atoms with van der Waals surface area (Å²) in [4.78, 5) is 17.0. The summed E-state index contributed by atoms with van der Waals surface area (Å²) in [6, 6.07) is 4.80. The third-order valence-electron chi connectivity index (χ3n) is 2.83. The molecular formula is C12H14INO3. The van der Waals surface area contributed by atoms with E-state index in [4.69, 9.17) is 4.84 Å². The fourth-order valence-electron chi connectivity index (χ4n) is 1.86. The summed E-state index contributed by atoms with van der Waals surface area (Å²) in [7, 11) is 0. The van der Waals surface area contributed by atoms with Crippen LogP contribution in [0.15, 0.2) is 18.2 Å². The van der Waals surface area contributed by atoms with Gasteiger partial charge in [-0.25, -0.2) is 5.48 Å². The average molecular weight is 347 g/mol. The second kappa shape index (κ2) is 5.68. The molecule has 1 aliphatic carbocycles. The molecule has 1 aromatic rings. The van der Waals surface area contributed by atoms with E-state index in [0.29, 0.717) is 5.56 Å². The Bertz CT molecular complexity index is 416. The van der Waals surface area contributed by atoms with Gasteiger partial charge in [-0.2, -0.15) is 0 Å². The average Bonchev–Trinajstić information content (AvgIpc) is 2.82. The van der Waals surface area contributed by atoms with Crippen LogP contribution in [-0.4, -0.2) is 17.1 Å². The number of benzene rings is 1. The van der Waals surface area contributed by atoms with Crippen molar-refractivity contribution in [3.63, 3.8) is 0 Å². The Hall–Kier alpha value is -0.820. The second-order valence-corrected chi connectivity index (χ2v) is 5.28. The minimum atomic E-state index is -0.316. The zero-order valence-corrected chi connectivity index (χ0v) is 11.4. The highest BCUT2D eigenvalue weighted by molar-refractivity contribution is 14.1. The number of hydrogen-bond donors (Lipinski definition) is 2. The van der Waals surface area contributed by atoms with Gasteiger partial charge in [0, 0.05) is 5.56 Å². The van der Waals surface area contributed by atoms with Gasteiger partial charge in [-0.1, -0.05) is 12.8 Å².